The lowest BCUT2D eigenvalue weighted by molar-refractivity contribution is 0.0691. The largest absolute Gasteiger partial charge is 0.478 e. The van der Waals surface area contributed by atoms with Crippen molar-refractivity contribution >= 4 is 17.0 Å². The molecule has 0 saturated carbocycles. The third-order valence-electron chi connectivity index (χ3n) is 3.49. The topological polar surface area (TPSA) is 68.0 Å². The van der Waals surface area contributed by atoms with Gasteiger partial charge in [0, 0.05) is 6.20 Å². The predicted molar refractivity (Wildman–Crippen MR) is 75.3 cm³/mol. The zero-order valence-corrected chi connectivity index (χ0v) is 11.5. The molecule has 0 spiro atoms. The first-order valence-electron chi connectivity index (χ1n) is 6.31. The molecule has 0 aliphatic heterocycles. The Labute approximate surface area is 119 Å². The molecular weight excluding hydrogens is 273 g/mol. The number of fused-ring (bicyclic) bond motifs is 1. The van der Waals surface area contributed by atoms with Crippen LogP contribution >= 0.6 is 0 Å². The number of rotatable bonds is 2. The number of aromatic carboxylic acids is 1. The Balaban J connectivity index is 2.29. The molecule has 3 aromatic rings. The van der Waals surface area contributed by atoms with Crippen molar-refractivity contribution in [3.8, 4) is 5.82 Å². The Morgan fingerprint density at radius 1 is 1.24 bits per heavy atom. The van der Waals surface area contributed by atoms with Crippen molar-refractivity contribution in [1.82, 2.24) is 14.5 Å². The summed E-state index contributed by atoms with van der Waals surface area (Å²) >= 11 is 0. The summed E-state index contributed by atoms with van der Waals surface area (Å²) in [6, 6.07) is 4.92. The quantitative estimate of drug-likeness (QED) is 0.786. The van der Waals surface area contributed by atoms with Crippen LogP contribution in [0.2, 0.25) is 0 Å². The van der Waals surface area contributed by atoms with E-state index in [0.29, 0.717) is 11.0 Å². The predicted octanol–water partition coefficient (Wildman–Crippen LogP) is 2.87. The van der Waals surface area contributed by atoms with Crippen LogP contribution in [0.1, 0.15) is 21.5 Å². The number of carbonyl (C=O) groups is 1. The maximum Gasteiger partial charge on any atom is 0.338 e. The number of carboxylic acids is 1. The van der Waals surface area contributed by atoms with E-state index in [4.69, 9.17) is 5.11 Å². The number of halogens is 1. The number of pyridine rings is 1. The first-order chi connectivity index (χ1) is 9.99. The minimum atomic E-state index is -1.33. The highest BCUT2D eigenvalue weighted by atomic mass is 19.1. The van der Waals surface area contributed by atoms with Gasteiger partial charge >= 0.3 is 5.97 Å². The normalized spacial score (nSPS) is 11.0. The number of hydrogen-bond acceptors (Lipinski definition) is 3. The molecule has 0 amide bonds. The molecule has 2 heterocycles. The van der Waals surface area contributed by atoms with E-state index < -0.39 is 17.3 Å². The first-order valence-corrected chi connectivity index (χ1v) is 6.31. The number of imidazole rings is 1. The number of aromatic nitrogens is 3. The molecule has 0 aliphatic carbocycles. The van der Waals surface area contributed by atoms with Crippen molar-refractivity contribution in [2.24, 2.45) is 0 Å². The molecular formula is C15H12FN3O2. The molecule has 1 N–H and O–H groups in total. The molecule has 0 saturated heterocycles. The van der Waals surface area contributed by atoms with E-state index in [0.717, 1.165) is 17.2 Å². The fourth-order valence-electron chi connectivity index (χ4n) is 2.20. The summed E-state index contributed by atoms with van der Waals surface area (Å²) in [4.78, 5) is 19.2. The average molecular weight is 285 g/mol. The van der Waals surface area contributed by atoms with E-state index in [-0.39, 0.29) is 5.82 Å². The van der Waals surface area contributed by atoms with Crippen LogP contribution in [0.15, 0.2) is 30.7 Å². The molecule has 21 heavy (non-hydrogen) atoms. The summed E-state index contributed by atoms with van der Waals surface area (Å²) in [6.45, 7) is 3.92. The van der Waals surface area contributed by atoms with Gasteiger partial charge in [-0.15, -0.1) is 0 Å². The molecule has 3 rings (SSSR count). The molecule has 1 aromatic carbocycles. The first kappa shape index (κ1) is 13.2. The fraction of sp³-hybridized carbons (Fsp3) is 0.133. The molecule has 0 fully saturated rings. The number of hydrogen-bond donors (Lipinski definition) is 1. The molecule has 6 heteroatoms. The second-order valence-corrected chi connectivity index (χ2v) is 4.84. The standard InChI is InChI=1S/C15H12FN3O2/c1-8-5-11-12(6-9(8)2)19(7-18-11)14-13(16)10(15(20)21)3-4-17-14/h3-7H,1-2H3,(H,20,21). The molecule has 0 unspecified atom stereocenters. The zero-order valence-electron chi connectivity index (χ0n) is 11.5. The van der Waals surface area contributed by atoms with Crippen LogP contribution < -0.4 is 0 Å². The van der Waals surface area contributed by atoms with Crippen molar-refractivity contribution in [1.29, 1.82) is 0 Å². The summed E-state index contributed by atoms with van der Waals surface area (Å²) in [5.41, 5.74) is 3.11. The summed E-state index contributed by atoms with van der Waals surface area (Å²) in [6.07, 6.45) is 2.72. The van der Waals surface area contributed by atoms with E-state index in [1.54, 1.807) is 0 Å². The van der Waals surface area contributed by atoms with Crippen molar-refractivity contribution < 1.29 is 14.3 Å². The van der Waals surface area contributed by atoms with E-state index >= 15 is 0 Å². The molecule has 0 radical (unpaired) electrons. The van der Waals surface area contributed by atoms with Crippen LogP contribution in [-0.4, -0.2) is 25.6 Å². The van der Waals surface area contributed by atoms with Gasteiger partial charge in [-0.05, 0) is 43.2 Å². The van der Waals surface area contributed by atoms with Crippen LogP contribution in [-0.2, 0) is 0 Å². The van der Waals surface area contributed by atoms with Gasteiger partial charge in [0.15, 0.2) is 11.6 Å². The smallest absolute Gasteiger partial charge is 0.338 e. The number of aryl methyl sites for hydroxylation is 2. The van der Waals surface area contributed by atoms with Crippen molar-refractivity contribution in [2.75, 3.05) is 0 Å². The maximum atomic E-state index is 14.3. The van der Waals surface area contributed by atoms with Crippen molar-refractivity contribution in [2.45, 2.75) is 13.8 Å². The second kappa shape index (κ2) is 4.66. The van der Waals surface area contributed by atoms with Crippen LogP contribution in [0.25, 0.3) is 16.9 Å². The summed E-state index contributed by atoms with van der Waals surface area (Å²) in [5.74, 6) is -2.27. The Bertz CT molecular complexity index is 871. The van der Waals surface area contributed by atoms with Crippen LogP contribution in [0.5, 0.6) is 0 Å². The van der Waals surface area contributed by atoms with Gasteiger partial charge in [-0.3, -0.25) is 4.57 Å². The van der Waals surface area contributed by atoms with Gasteiger partial charge < -0.3 is 5.11 Å². The van der Waals surface area contributed by atoms with E-state index in [1.165, 1.54) is 17.1 Å². The lowest BCUT2D eigenvalue weighted by Crippen LogP contribution is -2.07. The third kappa shape index (κ3) is 2.05. The monoisotopic (exact) mass is 285 g/mol. The van der Waals surface area contributed by atoms with Gasteiger partial charge in [0.05, 0.1) is 11.0 Å². The second-order valence-electron chi connectivity index (χ2n) is 4.84. The molecule has 0 bridgehead atoms. The summed E-state index contributed by atoms with van der Waals surface area (Å²) < 4.78 is 15.8. The minimum Gasteiger partial charge on any atom is -0.478 e. The molecule has 2 aromatic heterocycles. The zero-order chi connectivity index (χ0) is 15.1. The number of benzene rings is 1. The SMILES string of the molecule is Cc1cc2ncn(-c3nccc(C(=O)O)c3F)c2cc1C. The van der Waals surface area contributed by atoms with Gasteiger partial charge in [0.25, 0.3) is 0 Å². The van der Waals surface area contributed by atoms with Gasteiger partial charge in [0.1, 0.15) is 11.9 Å². The Kier molecular flexibility index (Phi) is 2.94. The Morgan fingerprint density at radius 3 is 2.67 bits per heavy atom. The average Bonchev–Trinajstić information content (AvgIpc) is 2.82. The number of nitrogens with zero attached hydrogens (tertiary/aromatic N) is 3. The molecule has 5 nitrogen and oxygen atoms in total. The minimum absolute atomic E-state index is 0.0688. The lowest BCUT2D eigenvalue weighted by Gasteiger charge is -2.07. The molecule has 106 valence electrons. The van der Waals surface area contributed by atoms with Crippen molar-refractivity contribution in [3.05, 3.63) is 53.2 Å². The summed E-state index contributed by atoms with van der Waals surface area (Å²) in [7, 11) is 0. The van der Waals surface area contributed by atoms with Crippen LogP contribution in [0, 0.1) is 19.7 Å². The third-order valence-corrected chi connectivity index (χ3v) is 3.49. The molecule has 0 atom stereocenters. The lowest BCUT2D eigenvalue weighted by atomic mass is 10.1. The number of carboxylic acid groups (broad SMARTS) is 1. The fourth-order valence-corrected chi connectivity index (χ4v) is 2.20. The highest BCUT2D eigenvalue weighted by Crippen LogP contribution is 2.23. The van der Waals surface area contributed by atoms with E-state index in [2.05, 4.69) is 9.97 Å². The van der Waals surface area contributed by atoms with E-state index in [1.807, 2.05) is 26.0 Å². The van der Waals surface area contributed by atoms with Crippen LogP contribution in [0.3, 0.4) is 0 Å². The maximum absolute atomic E-state index is 14.3. The Morgan fingerprint density at radius 2 is 1.95 bits per heavy atom. The summed E-state index contributed by atoms with van der Waals surface area (Å²) in [5, 5.41) is 8.99. The van der Waals surface area contributed by atoms with Gasteiger partial charge in [-0.2, -0.15) is 0 Å². The molecule has 0 aliphatic rings. The highest BCUT2D eigenvalue weighted by molar-refractivity contribution is 5.88. The van der Waals surface area contributed by atoms with Gasteiger partial charge in [-0.1, -0.05) is 0 Å². The Hall–Kier alpha value is -2.76. The van der Waals surface area contributed by atoms with E-state index in [9.17, 15) is 9.18 Å². The highest BCUT2D eigenvalue weighted by Gasteiger charge is 2.18. The van der Waals surface area contributed by atoms with Gasteiger partial charge in [0.2, 0.25) is 0 Å². The van der Waals surface area contributed by atoms with Gasteiger partial charge in [-0.25, -0.2) is 19.2 Å². The van der Waals surface area contributed by atoms with Crippen molar-refractivity contribution in [3.63, 3.8) is 0 Å². The van der Waals surface area contributed by atoms with Crippen LogP contribution in [0.4, 0.5) is 4.39 Å².